The van der Waals surface area contributed by atoms with Gasteiger partial charge in [-0.05, 0) is 19.1 Å². The molecule has 1 atom stereocenters. The summed E-state index contributed by atoms with van der Waals surface area (Å²) in [5.41, 5.74) is 3.94. The lowest BCUT2D eigenvalue weighted by Gasteiger charge is -2.21. The quantitative estimate of drug-likeness (QED) is 0.778. The first-order valence-corrected chi connectivity index (χ1v) is 4.46. The van der Waals surface area contributed by atoms with Crippen molar-refractivity contribution in [1.29, 1.82) is 0 Å². The Bertz CT molecular complexity index is 502. The molecule has 0 saturated heterocycles. The van der Waals surface area contributed by atoms with Crippen LogP contribution in [0.15, 0.2) is 23.2 Å². The Morgan fingerprint density at radius 1 is 1.38 bits per heavy atom. The molecule has 16 heavy (non-hydrogen) atoms. The number of benzene rings is 1. The second-order valence-corrected chi connectivity index (χ2v) is 3.52. The highest BCUT2D eigenvalue weighted by Crippen LogP contribution is 2.31. The topological polar surface area (TPSA) is 64.7 Å². The maximum atomic E-state index is 13.0. The summed E-state index contributed by atoms with van der Waals surface area (Å²) in [4.78, 5) is 14.9. The van der Waals surface area contributed by atoms with E-state index in [1.807, 2.05) is 0 Å². The van der Waals surface area contributed by atoms with Crippen LogP contribution < -0.4 is 5.73 Å². The van der Waals surface area contributed by atoms with Crippen LogP contribution in [0.1, 0.15) is 12.5 Å². The lowest BCUT2D eigenvalue weighted by Crippen LogP contribution is -2.32. The predicted octanol–water partition coefficient (Wildman–Crippen LogP) is 1.05. The van der Waals surface area contributed by atoms with Gasteiger partial charge in [-0.25, -0.2) is 8.78 Å². The monoisotopic (exact) mass is 226 g/mol. The number of halogens is 2. The molecule has 0 aromatic heterocycles. The number of carbonyl (C=O) groups is 1. The van der Waals surface area contributed by atoms with Gasteiger partial charge in [0.05, 0.1) is 0 Å². The van der Waals surface area contributed by atoms with Crippen LogP contribution in [0.3, 0.4) is 0 Å². The number of rotatable bonds is 1. The molecule has 1 unspecified atom stereocenters. The highest BCUT2D eigenvalue weighted by Gasteiger charge is 2.43. The predicted molar refractivity (Wildman–Crippen MR) is 51.4 cm³/mol. The summed E-state index contributed by atoms with van der Waals surface area (Å²) in [6.45, 7) is 1.39. The van der Waals surface area contributed by atoms with Crippen LogP contribution in [0.2, 0.25) is 0 Å². The van der Waals surface area contributed by atoms with Gasteiger partial charge in [0.2, 0.25) is 5.60 Å². The number of aliphatic imine (C=N–C) groups is 1. The summed E-state index contributed by atoms with van der Waals surface area (Å²) < 4.78 is 30.8. The molecule has 2 rings (SSSR count). The zero-order chi connectivity index (χ0) is 11.9. The minimum atomic E-state index is -1.47. The van der Waals surface area contributed by atoms with Crippen molar-refractivity contribution in [2.24, 2.45) is 10.7 Å². The van der Waals surface area contributed by atoms with E-state index in [1.54, 1.807) is 0 Å². The molecule has 6 heteroatoms. The van der Waals surface area contributed by atoms with Crippen molar-refractivity contribution in [2.45, 2.75) is 12.5 Å². The summed E-state index contributed by atoms with van der Waals surface area (Å²) in [6, 6.07) is 2.78. The van der Waals surface area contributed by atoms with E-state index in [1.165, 1.54) is 13.0 Å². The molecule has 1 aliphatic rings. The Morgan fingerprint density at radius 3 is 2.56 bits per heavy atom. The standard InChI is InChI=1S/C10H8F2N2O2/c1-10(8(15)14-9(13)16-10)5-2-3-6(11)7(12)4-5/h2-4H,1H3,(H2,13,14,15). The van der Waals surface area contributed by atoms with Crippen LogP contribution >= 0.6 is 0 Å². The van der Waals surface area contributed by atoms with Crippen LogP contribution in [0.5, 0.6) is 0 Å². The molecule has 0 bridgehead atoms. The van der Waals surface area contributed by atoms with Gasteiger partial charge in [-0.2, -0.15) is 4.99 Å². The van der Waals surface area contributed by atoms with Gasteiger partial charge in [-0.1, -0.05) is 6.07 Å². The van der Waals surface area contributed by atoms with E-state index in [0.29, 0.717) is 0 Å². The molecule has 1 heterocycles. The molecule has 0 aliphatic carbocycles. The van der Waals surface area contributed by atoms with Gasteiger partial charge in [-0.15, -0.1) is 0 Å². The van der Waals surface area contributed by atoms with E-state index >= 15 is 0 Å². The summed E-state index contributed by atoms with van der Waals surface area (Å²) in [5, 5.41) is 0. The molecule has 1 aliphatic heterocycles. The fourth-order valence-electron chi connectivity index (χ4n) is 1.46. The molecule has 0 fully saturated rings. The summed E-state index contributed by atoms with van der Waals surface area (Å²) in [5.74, 6) is -2.69. The van der Waals surface area contributed by atoms with Gasteiger partial charge in [0.25, 0.3) is 11.9 Å². The SMILES string of the molecule is CC1(c2ccc(F)c(F)c2)OC(N)=NC1=O. The number of ether oxygens (including phenoxy) is 1. The van der Waals surface area contributed by atoms with E-state index in [0.717, 1.165) is 12.1 Å². The van der Waals surface area contributed by atoms with Crippen molar-refractivity contribution in [3.8, 4) is 0 Å². The van der Waals surface area contributed by atoms with Gasteiger partial charge in [-0.3, -0.25) is 4.79 Å². The number of hydrogen-bond acceptors (Lipinski definition) is 3. The van der Waals surface area contributed by atoms with Crippen molar-refractivity contribution in [2.75, 3.05) is 0 Å². The molecular formula is C10H8F2N2O2. The van der Waals surface area contributed by atoms with E-state index in [2.05, 4.69) is 4.99 Å². The molecular weight excluding hydrogens is 218 g/mol. The lowest BCUT2D eigenvalue weighted by atomic mass is 9.95. The van der Waals surface area contributed by atoms with Gasteiger partial charge < -0.3 is 10.5 Å². The summed E-state index contributed by atoms with van der Waals surface area (Å²) >= 11 is 0. The fourth-order valence-corrected chi connectivity index (χ4v) is 1.46. The minimum absolute atomic E-state index is 0.167. The second kappa shape index (κ2) is 3.26. The van der Waals surface area contributed by atoms with Crippen molar-refractivity contribution in [3.63, 3.8) is 0 Å². The van der Waals surface area contributed by atoms with Crippen LogP contribution in [-0.4, -0.2) is 11.9 Å². The Morgan fingerprint density at radius 2 is 2.06 bits per heavy atom. The second-order valence-electron chi connectivity index (χ2n) is 3.52. The van der Waals surface area contributed by atoms with Crippen molar-refractivity contribution in [1.82, 2.24) is 0 Å². The smallest absolute Gasteiger partial charge is 0.298 e. The average molecular weight is 226 g/mol. The largest absolute Gasteiger partial charge is 0.444 e. The first kappa shape index (κ1) is 10.5. The average Bonchev–Trinajstić information content (AvgIpc) is 2.46. The first-order chi connectivity index (χ1) is 7.43. The molecule has 1 amide bonds. The third kappa shape index (κ3) is 1.42. The molecule has 0 radical (unpaired) electrons. The fraction of sp³-hybridized carbons (Fsp3) is 0.200. The molecule has 1 aromatic rings. The molecule has 0 saturated carbocycles. The molecule has 1 aromatic carbocycles. The van der Waals surface area contributed by atoms with Crippen LogP contribution in [-0.2, 0) is 15.1 Å². The van der Waals surface area contributed by atoms with Crippen molar-refractivity contribution in [3.05, 3.63) is 35.4 Å². The highest BCUT2D eigenvalue weighted by molar-refractivity contribution is 6.01. The zero-order valence-corrected chi connectivity index (χ0v) is 8.33. The van der Waals surface area contributed by atoms with Crippen molar-refractivity contribution >= 4 is 11.9 Å². The number of carbonyl (C=O) groups excluding carboxylic acids is 1. The highest BCUT2D eigenvalue weighted by atomic mass is 19.2. The molecule has 4 nitrogen and oxygen atoms in total. The van der Waals surface area contributed by atoms with E-state index in [-0.39, 0.29) is 11.6 Å². The van der Waals surface area contributed by atoms with E-state index in [4.69, 9.17) is 10.5 Å². The maximum Gasteiger partial charge on any atom is 0.298 e. The number of nitrogens with zero attached hydrogens (tertiary/aromatic N) is 1. The van der Waals surface area contributed by atoms with Gasteiger partial charge in [0, 0.05) is 5.56 Å². The van der Waals surface area contributed by atoms with E-state index < -0.39 is 23.1 Å². The minimum Gasteiger partial charge on any atom is -0.444 e. The normalized spacial score (nSPS) is 24.2. The van der Waals surface area contributed by atoms with Gasteiger partial charge >= 0.3 is 0 Å². The van der Waals surface area contributed by atoms with Gasteiger partial charge in [0.15, 0.2) is 11.6 Å². The Labute approximate surface area is 89.7 Å². The van der Waals surface area contributed by atoms with Crippen LogP contribution in [0.4, 0.5) is 8.78 Å². The number of hydrogen-bond donors (Lipinski definition) is 1. The number of amides is 1. The third-order valence-electron chi connectivity index (χ3n) is 2.40. The summed E-state index contributed by atoms with van der Waals surface area (Å²) in [7, 11) is 0. The van der Waals surface area contributed by atoms with Crippen LogP contribution in [0, 0.1) is 11.6 Å². The molecule has 84 valence electrons. The first-order valence-electron chi connectivity index (χ1n) is 4.46. The van der Waals surface area contributed by atoms with Crippen LogP contribution in [0.25, 0.3) is 0 Å². The Balaban J connectivity index is 2.45. The van der Waals surface area contributed by atoms with Gasteiger partial charge in [0.1, 0.15) is 0 Å². The molecule has 0 spiro atoms. The number of nitrogens with two attached hydrogens (primary N) is 1. The maximum absolute atomic E-state index is 13.0. The third-order valence-corrected chi connectivity index (χ3v) is 2.40. The number of amidine groups is 1. The molecule has 2 N–H and O–H groups in total. The summed E-state index contributed by atoms with van der Waals surface area (Å²) in [6.07, 6.45) is 0. The Kier molecular flexibility index (Phi) is 2.15. The zero-order valence-electron chi connectivity index (χ0n) is 8.33. The lowest BCUT2D eigenvalue weighted by molar-refractivity contribution is -0.130. The van der Waals surface area contributed by atoms with E-state index in [9.17, 15) is 13.6 Å². The van der Waals surface area contributed by atoms with Crippen molar-refractivity contribution < 1.29 is 18.3 Å². The Hall–Kier alpha value is -1.98.